The van der Waals surface area contributed by atoms with Gasteiger partial charge in [-0.25, -0.2) is 32.2 Å². The van der Waals surface area contributed by atoms with Crippen LogP contribution in [0.5, 0.6) is 5.75 Å². The molecule has 1 saturated heterocycles. The van der Waals surface area contributed by atoms with Gasteiger partial charge < -0.3 is 15.4 Å². The third kappa shape index (κ3) is 7.84. The molecule has 1 aliphatic heterocycles. The Morgan fingerprint density at radius 2 is 1.95 bits per heavy atom. The van der Waals surface area contributed by atoms with E-state index in [9.17, 15) is 26.0 Å². The lowest BCUT2D eigenvalue weighted by Crippen LogP contribution is -2.44. The number of aromatic nitrogens is 2. The molecule has 230 valence electrons. The first kappa shape index (κ1) is 31.8. The molecule has 43 heavy (non-hydrogen) atoms. The molecule has 0 amide bonds. The number of nitrogens with one attached hydrogen (secondary N) is 3. The van der Waals surface area contributed by atoms with Crippen molar-refractivity contribution in [1.82, 2.24) is 15.3 Å². The first-order chi connectivity index (χ1) is 20.3. The molecule has 2 unspecified atom stereocenters. The zero-order valence-electron chi connectivity index (χ0n) is 23.2. The molecule has 2 heterocycles. The summed E-state index contributed by atoms with van der Waals surface area (Å²) in [7, 11) is -4.99. The molecule has 2 aromatic carbocycles. The number of alkyl halides is 4. The number of halogens is 5. The Bertz CT molecular complexity index is 1680. The molecule has 3 aromatic rings. The highest BCUT2D eigenvalue weighted by molar-refractivity contribution is 7.92. The average Bonchev–Trinajstić information content (AvgIpc) is 2.93. The molecule has 1 aromatic heterocycles. The van der Waals surface area contributed by atoms with E-state index in [1.807, 2.05) is 0 Å². The van der Waals surface area contributed by atoms with Gasteiger partial charge in [0.2, 0.25) is 21.9 Å². The van der Waals surface area contributed by atoms with Crippen LogP contribution in [0.4, 0.5) is 33.6 Å². The minimum atomic E-state index is -5.03. The van der Waals surface area contributed by atoms with Crippen molar-refractivity contribution in [2.75, 3.05) is 28.9 Å². The van der Waals surface area contributed by atoms with Crippen LogP contribution >= 0.6 is 0 Å². The van der Waals surface area contributed by atoms with Crippen molar-refractivity contribution in [2.45, 2.75) is 38.7 Å². The Labute approximate surface area is 245 Å². The third-order valence-corrected chi connectivity index (χ3v) is 7.63. The van der Waals surface area contributed by atoms with Gasteiger partial charge in [-0.1, -0.05) is 36.4 Å². The predicted octanol–water partition coefficient (Wildman–Crippen LogP) is 5.52. The van der Waals surface area contributed by atoms with Crippen LogP contribution in [0.1, 0.15) is 24.6 Å². The van der Waals surface area contributed by atoms with Crippen molar-refractivity contribution in [1.29, 1.82) is 0 Å². The number of anilines is 2. The zero-order valence-corrected chi connectivity index (χ0v) is 24.0. The summed E-state index contributed by atoms with van der Waals surface area (Å²) in [6.07, 6.45) is -0.969. The molecule has 9 nitrogen and oxygen atoms in total. The van der Waals surface area contributed by atoms with Gasteiger partial charge in [-0.05, 0) is 26.6 Å². The molecular formula is C28H29F5N6O3S. The number of nitrogens with zero attached hydrogens (tertiary/aromatic N) is 3. The van der Waals surface area contributed by atoms with Crippen molar-refractivity contribution in [2.24, 2.45) is 4.99 Å². The number of rotatable bonds is 10. The van der Waals surface area contributed by atoms with E-state index in [0.717, 1.165) is 0 Å². The van der Waals surface area contributed by atoms with Crippen LogP contribution in [0.15, 0.2) is 59.6 Å². The van der Waals surface area contributed by atoms with Crippen molar-refractivity contribution in [3.05, 3.63) is 71.6 Å². The second-order valence-corrected chi connectivity index (χ2v) is 11.5. The Morgan fingerprint density at radius 3 is 2.60 bits per heavy atom. The van der Waals surface area contributed by atoms with E-state index in [0.29, 0.717) is 17.8 Å². The minimum absolute atomic E-state index is 0.0388. The number of hydrogen-bond donors (Lipinski definition) is 3. The van der Waals surface area contributed by atoms with Crippen LogP contribution in [0.2, 0.25) is 0 Å². The molecule has 0 spiro atoms. The van der Waals surface area contributed by atoms with E-state index in [-0.39, 0.29) is 52.9 Å². The molecule has 0 radical (unpaired) electrons. The second-order valence-electron chi connectivity index (χ2n) is 9.74. The molecule has 0 aliphatic carbocycles. The largest absolute Gasteiger partial charge is 0.437 e. The molecule has 15 heteroatoms. The molecule has 1 aliphatic rings. The third-order valence-electron chi connectivity index (χ3n) is 6.41. The number of benzene rings is 2. The summed E-state index contributed by atoms with van der Waals surface area (Å²) in [5.74, 6) is -3.25. The molecule has 1 fully saturated rings. The number of aliphatic imine (C=N–C) groups is 1. The zero-order chi connectivity index (χ0) is 31.4. The van der Waals surface area contributed by atoms with Crippen LogP contribution < -0.4 is 20.1 Å². The SMILES string of the molecule is C=N/C(Oc1c(C)c(F)c(NS(=O)(=O)CC(F)(F)F)c2ccccc12)=C(\C=C/C)c1ccnc(NC2CNCC(F)C2)n1. The lowest BCUT2D eigenvalue weighted by molar-refractivity contribution is -0.106. The smallest absolute Gasteiger partial charge is 0.404 e. The number of ether oxygens (including phenoxy) is 1. The van der Waals surface area contributed by atoms with E-state index in [1.165, 1.54) is 31.3 Å². The second kappa shape index (κ2) is 13.0. The van der Waals surface area contributed by atoms with Gasteiger partial charge in [-0.3, -0.25) is 4.72 Å². The summed E-state index contributed by atoms with van der Waals surface area (Å²) in [5.41, 5.74) is -0.167. The van der Waals surface area contributed by atoms with Gasteiger partial charge in [0, 0.05) is 48.1 Å². The maximum atomic E-state index is 15.7. The Kier molecular flexibility index (Phi) is 9.65. The summed E-state index contributed by atoms with van der Waals surface area (Å²) in [6.45, 7) is 7.39. The van der Waals surface area contributed by atoms with Crippen LogP contribution in [-0.2, 0) is 10.0 Å². The van der Waals surface area contributed by atoms with Crippen LogP contribution in [0.3, 0.4) is 0 Å². The van der Waals surface area contributed by atoms with Crippen LogP contribution in [0.25, 0.3) is 16.3 Å². The van der Waals surface area contributed by atoms with Gasteiger partial charge in [0.15, 0.2) is 11.6 Å². The maximum absolute atomic E-state index is 15.7. The Morgan fingerprint density at radius 1 is 1.23 bits per heavy atom. The molecule has 3 N–H and O–H groups in total. The van der Waals surface area contributed by atoms with E-state index in [4.69, 9.17) is 4.74 Å². The number of piperidine rings is 1. The molecule has 0 saturated carbocycles. The fourth-order valence-electron chi connectivity index (χ4n) is 4.61. The van der Waals surface area contributed by atoms with Crippen molar-refractivity contribution >= 4 is 44.7 Å². The molecular weight excluding hydrogens is 595 g/mol. The van der Waals surface area contributed by atoms with E-state index in [2.05, 4.69) is 32.3 Å². The Balaban J connectivity index is 1.77. The maximum Gasteiger partial charge on any atom is 0.404 e. The summed E-state index contributed by atoms with van der Waals surface area (Å²) in [5, 5.41) is 6.25. The normalized spacial score (nSPS) is 18.4. The van der Waals surface area contributed by atoms with E-state index < -0.39 is 39.6 Å². The monoisotopic (exact) mass is 624 g/mol. The fourth-order valence-corrected chi connectivity index (χ4v) is 5.62. The van der Waals surface area contributed by atoms with Gasteiger partial charge >= 0.3 is 6.18 Å². The first-order valence-electron chi connectivity index (χ1n) is 13.1. The number of fused-ring (bicyclic) bond motifs is 1. The van der Waals surface area contributed by atoms with E-state index >= 15 is 4.39 Å². The highest BCUT2D eigenvalue weighted by Crippen LogP contribution is 2.40. The average molecular weight is 625 g/mol. The summed E-state index contributed by atoms with van der Waals surface area (Å²) < 4.78 is 100. The standard InChI is InChI=1S/C28H29F5N6O3S/c1-4-7-21(22-10-11-36-27(38-22)37-18-12-17(29)13-35-14-18)26(34-3)42-25-16(2)23(30)24(19-8-5-6-9-20(19)25)39-43(40,41)15-28(31,32)33/h4-11,17-18,35,39H,3,12-15H2,1-2H3,(H,36,37,38)/b7-4-,26-21-. The topological polar surface area (TPSA) is 118 Å². The highest BCUT2D eigenvalue weighted by atomic mass is 32.2. The summed E-state index contributed by atoms with van der Waals surface area (Å²) in [6, 6.07) is 7.22. The van der Waals surface area contributed by atoms with Crippen LogP contribution in [0, 0.1) is 12.7 Å². The van der Waals surface area contributed by atoms with Gasteiger partial charge in [0.25, 0.3) is 0 Å². The summed E-state index contributed by atoms with van der Waals surface area (Å²) in [4.78, 5) is 12.7. The van der Waals surface area contributed by atoms with Crippen molar-refractivity contribution in [3.8, 4) is 5.75 Å². The van der Waals surface area contributed by atoms with Crippen LogP contribution in [-0.4, -0.2) is 62.3 Å². The van der Waals surface area contributed by atoms with E-state index in [1.54, 1.807) is 35.9 Å². The fraction of sp³-hybridized carbons (Fsp3) is 0.321. The molecule has 2 atom stereocenters. The summed E-state index contributed by atoms with van der Waals surface area (Å²) >= 11 is 0. The lowest BCUT2D eigenvalue weighted by atomic mass is 10.0. The van der Waals surface area contributed by atoms with Crippen molar-refractivity contribution < 1.29 is 35.1 Å². The first-order valence-corrected chi connectivity index (χ1v) is 14.7. The quantitative estimate of drug-likeness (QED) is 0.118. The van der Waals surface area contributed by atoms with Gasteiger partial charge in [0.1, 0.15) is 11.9 Å². The Hall–Kier alpha value is -4.11. The highest BCUT2D eigenvalue weighted by Gasteiger charge is 2.36. The van der Waals surface area contributed by atoms with Crippen molar-refractivity contribution in [3.63, 3.8) is 0 Å². The molecule has 4 rings (SSSR count). The number of sulfonamides is 1. The van der Waals surface area contributed by atoms with Gasteiger partial charge in [-0.15, -0.1) is 0 Å². The molecule has 0 bridgehead atoms. The lowest BCUT2D eigenvalue weighted by Gasteiger charge is -2.26. The van der Waals surface area contributed by atoms with Gasteiger partial charge in [0.05, 0.1) is 17.0 Å². The minimum Gasteiger partial charge on any atom is -0.437 e. The number of hydrogen-bond acceptors (Lipinski definition) is 8. The predicted molar refractivity (Wildman–Crippen MR) is 156 cm³/mol. The number of allylic oxidation sites excluding steroid dienone is 3. The van der Waals surface area contributed by atoms with Gasteiger partial charge in [-0.2, -0.15) is 13.2 Å².